The van der Waals surface area contributed by atoms with Gasteiger partial charge in [-0.1, -0.05) is 72.8 Å². The summed E-state index contributed by atoms with van der Waals surface area (Å²) in [6.45, 7) is 2.03. The summed E-state index contributed by atoms with van der Waals surface area (Å²) in [4.78, 5) is 9.58. The molecule has 0 atom stereocenters. The van der Waals surface area contributed by atoms with E-state index < -0.39 is 0 Å². The number of benzene rings is 4. The Morgan fingerprint density at radius 2 is 1.25 bits per heavy atom. The van der Waals surface area contributed by atoms with Crippen LogP contribution in [0, 0.1) is 6.92 Å². The van der Waals surface area contributed by atoms with Crippen molar-refractivity contribution in [3.05, 3.63) is 115 Å². The van der Waals surface area contributed by atoms with Crippen LogP contribution in [0.15, 0.2) is 109 Å². The molecular formula is C29H21N3. The van der Waals surface area contributed by atoms with Gasteiger partial charge in [-0.25, -0.2) is 9.97 Å². The molecule has 0 spiro atoms. The zero-order valence-electron chi connectivity index (χ0n) is 17.7. The zero-order chi connectivity index (χ0) is 21.5. The molecule has 3 nitrogen and oxygen atoms in total. The third-order valence-corrected chi connectivity index (χ3v) is 5.87. The standard InChI is InChI=1S/C29H21N3/c1-20-18-26(31-29(30-20)21-10-4-2-5-11-21)22-16-17-28-25(19-22)24-14-8-9-15-27(24)32(28)23-12-6-3-7-13-23/h2-19H,1H3. The summed E-state index contributed by atoms with van der Waals surface area (Å²) in [5.41, 5.74) is 7.58. The first-order valence-electron chi connectivity index (χ1n) is 10.8. The maximum Gasteiger partial charge on any atom is 0.160 e. The first kappa shape index (κ1) is 18.5. The van der Waals surface area contributed by atoms with Gasteiger partial charge in [-0.2, -0.15) is 0 Å². The molecule has 0 aliphatic carbocycles. The van der Waals surface area contributed by atoms with Crippen molar-refractivity contribution in [2.75, 3.05) is 0 Å². The molecule has 2 aromatic heterocycles. The van der Waals surface area contributed by atoms with E-state index in [0.29, 0.717) is 0 Å². The van der Waals surface area contributed by atoms with Crippen molar-refractivity contribution in [3.63, 3.8) is 0 Å². The van der Waals surface area contributed by atoms with Gasteiger partial charge in [0.05, 0.1) is 16.7 Å². The first-order valence-corrected chi connectivity index (χ1v) is 10.8. The van der Waals surface area contributed by atoms with E-state index in [1.165, 1.54) is 21.8 Å². The lowest BCUT2D eigenvalue weighted by Crippen LogP contribution is -1.95. The van der Waals surface area contributed by atoms with Crippen LogP contribution in [-0.2, 0) is 0 Å². The SMILES string of the molecule is Cc1cc(-c2ccc3c(c2)c2ccccc2n3-c2ccccc2)nc(-c2ccccc2)n1. The molecule has 4 aromatic carbocycles. The Bertz CT molecular complexity index is 1560. The first-order chi connectivity index (χ1) is 15.8. The maximum atomic E-state index is 4.91. The average molecular weight is 412 g/mol. The van der Waals surface area contributed by atoms with E-state index >= 15 is 0 Å². The Morgan fingerprint density at radius 1 is 0.562 bits per heavy atom. The largest absolute Gasteiger partial charge is 0.309 e. The van der Waals surface area contributed by atoms with Gasteiger partial charge < -0.3 is 4.57 Å². The molecule has 0 aliphatic rings. The van der Waals surface area contributed by atoms with Crippen LogP contribution in [0.5, 0.6) is 0 Å². The van der Waals surface area contributed by atoms with Crippen molar-refractivity contribution in [1.29, 1.82) is 0 Å². The predicted molar refractivity (Wildman–Crippen MR) is 132 cm³/mol. The molecular weight excluding hydrogens is 390 g/mol. The predicted octanol–water partition coefficient (Wildman–Crippen LogP) is 7.22. The molecule has 6 rings (SSSR count). The van der Waals surface area contributed by atoms with Crippen LogP contribution in [0.4, 0.5) is 0 Å². The number of aryl methyl sites for hydroxylation is 1. The van der Waals surface area contributed by atoms with Crippen LogP contribution < -0.4 is 0 Å². The highest BCUT2D eigenvalue weighted by Crippen LogP contribution is 2.34. The van der Waals surface area contributed by atoms with Crippen LogP contribution in [0.25, 0.3) is 50.1 Å². The molecule has 0 saturated heterocycles. The van der Waals surface area contributed by atoms with Gasteiger partial charge in [-0.3, -0.25) is 0 Å². The molecule has 152 valence electrons. The number of fused-ring (bicyclic) bond motifs is 3. The molecule has 32 heavy (non-hydrogen) atoms. The van der Waals surface area contributed by atoms with E-state index in [2.05, 4.69) is 101 Å². The number of rotatable bonds is 3. The summed E-state index contributed by atoms with van der Waals surface area (Å²) >= 11 is 0. The second-order valence-electron chi connectivity index (χ2n) is 8.00. The normalized spacial score (nSPS) is 11.3. The van der Waals surface area contributed by atoms with E-state index in [9.17, 15) is 0 Å². The second-order valence-corrected chi connectivity index (χ2v) is 8.00. The topological polar surface area (TPSA) is 30.7 Å². The molecule has 0 amide bonds. The average Bonchev–Trinajstić information content (AvgIpc) is 3.18. The smallest absolute Gasteiger partial charge is 0.160 e. The molecule has 6 aromatic rings. The lowest BCUT2D eigenvalue weighted by molar-refractivity contribution is 1.12. The highest BCUT2D eigenvalue weighted by molar-refractivity contribution is 6.10. The molecule has 0 saturated carbocycles. The number of para-hydroxylation sites is 2. The fraction of sp³-hybridized carbons (Fsp3) is 0.0345. The Kier molecular flexibility index (Phi) is 4.32. The minimum absolute atomic E-state index is 0.757. The molecule has 0 N–H and O–H groups in total. The van der Waals surface area contributed by atoms with Crippen LogP contribution in [0.2, 0.25) is 0 Å². The summed E-state index contributed by atoms with van der Waals surface area (Å²) in [6, 6.07) is 37.9. The summed E-state index contributed by atoms with van der Waals surface area (Å²) in [7, 11) is 0. The Hall–Kier alpha value is -4.24. The van der Waals surface area contributed by atoms with Crippen molar-refractivity contribution < 1.29 is 0 Å². The van der Waals surface area contributed by atoms with Crippen molar-refractivity contribution >= 4 is 21.8 Å². The second kappa shape index (κ2) is 7.47. The van der Waals surface area contributed by atoms with Crippen molar-refractivity contribution in [3.8, 4) is 28.3 Å². The molecule has 0 bridgehead atoms. The minimum atomic E-state index is 0.757. The monoisotopic (exact) mass is 411 g/mol. The highest BCUT2D eigenvalue weighted by atomic mass is 15.0. The fourth-order valence-corrected chi connectivity index (χ4v) is 4.42. The van der Waals surface area contributed by atoms with Crippen LogP contribution >= 0.6 is 0 Å². The summed E-state index contributed by atoms with van der Waals surface area (Å²) in [5.74, 6) is 0.757. The molecule has 0 unspecified atom stereocenters. The maximum absolute atomic E-state index is 4.91. The van der Waals surface area contributed by atoms with Gasteiger partial charge in [-0.05, 0) is 43.3 Å². The van der Waals surface area contributed by atoms with Crippen molar-refractivity contribution in [2.45, 2.75) is 6.92 Å². The van der Waals surface area contributed by atoms with Crippen LogP contribution in [0.1, 0.15) is 5.69 Å². The molecule has 0 aliphatic heterocycles. The van der Waals surface area contributed by atoms with Gasteiger partial charge in [0.1, 0.15) is 0 Å². The third kappa shape index (κ3) is 3.07. The van der Waals surface area contributed by atoms with Crippen molar-refractivity contribution in [1.82, 2.24) is 14.5 Å². The number of hydrogen-bond acceptors (Lipinski definition) is 2. The fourth-order valence-electron chi connectivity index (χ4n) is 4.42. The number of hydrogen-bond donors (Lipinski definition) is 0. The summed E-state index contributed by atoms with van der Waals surface area (Å²) in [5, 5.41) is 2.46. The quantitative estimate of drug-likeness (QED) is 0.308. The lowest BCUT2D eigenvalue weighted by Gasteiger charge is -2.09. The molecule has 0 radical (unpaired) electrons. The molecule has 3 heteroatoms. The van der Waals surface area contributed by atoms with Crippen LogP contribution in [0.3, 0.4) is 0 Å². The van der Waals surface area contributed by atoms with E-state index in [1.807, 2.05) is 25.1 Å². The van der Waals surface area contributed by atoms with Gasteiger partial charge >= 0.3 is 0 Å². The summed E-state index contributed by atoms with van der Waals surface area (Å²) in [6.07, 6.45) is 0. The van der Waals surface area contributed by atoms with Gasteiger partial charge in [0.2, 0.25) is 0 Å². The molecule has 2 heterocycles. The van der Waals surface area contributed by atoms with Gasteiger partial charge in [0.15, 0.2) is 5.82 Å². The van der Waals surface area contributed by atoms with Gasteiger partial charge in [0.25, 0.3) is 0 Å². The van der Waals surface area contributed by atoms with E-state index in [-0.39, 0.29) is 0 Å². The Balaban J connectivity index is 1.58. The zero-order valence-corrected chi connectivity index (χ0v) is 17.7. The van der Waals surface area contributed by atoms with Crippen molar-refractivity contribution in [2.24, 2.45) is 0 Å². The van der Waals surface area contributed by atoms with Crippen LogP contribution in [-0.4, -0.2) is 14.5 Å². The van der Waals surface area contributed by atoms with Gasteiger partial charge in [-0.15, -0.1) is 0 Å². The minimum Gasteiger partial charge on any atom is -0.309 e. The Morgan fingerprint density at radius 3 is 2.06 bits per heavy atom. The number of nitrogens with zero attached hydrogens (tertiary/aromatic N) is 3. The van der Waals surface area contributed by atoms with E-state index in [0.717, 1.165) is 34.0 Å². The summed E-state index contributed by atoms with van der Waals surface area (Å²) < 4.78 is 2.33. The van der Waals surface area contributed by atoms with E-state index in [1.54, 1.807) is 0 Å². The number of aromatic nitrogens is 3. The molecule has 0 fully saturated rings. The third-order valence-electron chi connectivity index (χ3n) is 5.87. The lowest BCUT2D eigenvalue weighted by atomic mass is 10.1. The Labute approximate surface area is 186 Å². The van der Waals surface area contributed by atoms with Gasteiger partial charge in [0, 0.05) is 33.3 Å². The van der Waals surface area contributed by atoms with E-state index in [4.69, 9.17) is 4.98 Å². The highest BCUT2D eigenvalue weighted by Gasteiger charge is 2.14.